The zero-order valence-corrected chi connectivity index (χ0v) is 8.19. The first-order valence-corrected chi connectivity index (χ1v) is 4.32. The molecule has 0 aliphatic rings. The number of rotatable bonds is 2. The highest BCUT2D eigenvalue weighted by atomic mass is 16.2. The average Bonchev–Trinajstić information content (AvgIpc) is 2.04. The summed E-state index contributed by atoms with van der Waals surface area (Å²) in [4.78, 5) is 17.0. The second kappa shape index (κ2) is 4.03. The molecule has 0 saturated carbocycles. The van der Waals surface area contributed by atoms with Crippen molar-refractivity contribution < 1.29 is 4.79 Å². The highest BCUT2D eigenvalue weighted by Gasteiger charge is 2.14. The third-order valence-electron chi connectivity index (χ3n) is 1.78. The van der Waals surface area contributed by atoms with Gasteiger partial charge >= 0.3 is 0 Å². The Balaban J connectivity index is 2.96. The van der Waals surface area contributed by atoms with E-state index in [-0.39, 0.29) is 11.9 Å². The molecule has 1 heterocycles. The number of nitrogens with zero attached hydrogens (tertiary/aromatic N) is 2. The Kier molecular flexibility index (Phi) is 3.01. The summed E-state index contributed by atoms with van der Waals surface area (Å²) in [5, 5.41) is 0. The fourth-order valence-electron chi connectivity index (χ4n) is 1.34. The van der Waals surface area contributed by atoms with Gasteiger partial charge in [0.15, 0.2) is 0 Å². The van der Waals surface area contributed by atoms with Crippen molar-refractivity contribution in [3.63, 3.8) is 0 Å². The van der Waals surface area contributed by atoms with E-state index in [1.807, 2.05) is 26.0 Å². The second-order valence-corrected chi connectivity index (χ2v) is 3.19. The summed E-state index contributed by atoms with van der Waals surface area (Å²) in [6, 6.07) is 3.88. The topological polar surface area (TPSA) is 33.2 Å². The molecule has 0 aliphatic heterocycles. The van der Waals surface area contributed by atoms with Crippen molar-refractivity contribution in [1.29, 1.82) is 0 Å². The van der Waals surface area contributed by atoms with Crippen molar-refractivity contribution in [2.75, 3.05) is 4.90 Å². The SMILES string of the molecule is CC(=O)N(c1cccnc1)C(C)C. The van der Waals surface area contributed by atoms with Crippen molar-refractivity contribution in [2.45, 2.75) is 26.8 Å². The van der Waals surface area contributed by atoms with Crippen LogP contribution in [0, 0.1) is 0 Å². The van der Waals surface area contributed by atoms with E-state index in [1.165, 1.54) is 0 Å². The van der Waals surface area contributed by atoms with Gasteiger partial charge in [-0.15, -0.1) is 0 Å². The van der Waals surface area contributed by atoms with Gasteiger partial charge < -0.3 is 4.90 Å². The minimum atomic E-state index is 0.0444. The minimum absolute atomic E-state index is 0.0444. The lowest BCUT2D eigenvalue weighted by Crippen LogP contribution is -2.35. The summed E-state index contributed by atoms with van der Waals surface area (Å²) in [7, 11) is 0. The van der Waals surface area contributed by atoms with Gasteiger partial charge in [0.2, 0.25) is 5.91 Å². The summed E-state index contributed by atoms with van der Waals surface area (Å²) < 4.78 is 0. The molecule has 1 rings (SSSR count). The number of amides is 1. The van der Waals surface area contributed by atoms with Gasteiger partial charge in [-0.05, 0) is 26.0 Å². The monoisotopic (exact) mass is 178 g/mol. The number of hydrogen-bond acceptors (Lipinski definition) is 2. The maximum atomic E-state index is 11.3. The molecule has 0 atom stereocenters. The number of hydrogen-bond donors (Lipinski definition) is 0. The Labute approximate surface area is 78.4 Å². The zero-order valence-electron chi connectivity index (χ0n) is 8.19. The van der Waals surface area contributed by atoms with Gasteiger partial charge in [0, 0.05) is 19.2 Å². The number of anilines is 1. The fraction of sp³-hybridized carbons (Fsp3) is 0.400. The van der Waals surface area contributed by atoms with Crippen LogP contribution in [0.25, 0.3) is 0 Å². The van der Waals surface area contributed by atoms with Gasteiger partial charge in [0.05, 0.1) is 11.9 Å². The van der Waals surface area contributed by atoms with Crippen molar-refractivity contribution >= 4 is 11.6 Å². The summed E-state index contributed by atoms with van der Waals surface area (Å²) in [5.74, 6) is 0.0444. The molecule has 0 aliphatic carbocycles. The number of carbonyl (C=O) groups excluding carboxylic acids is 1. The van der Waals surface area contributed by atoms with Gasteiger partial charge in [-0.3, -0.25) is 9.78 Å². The van der Waals surface area contributed by atoms with E-state index in [4.69, 9.17) is 0 Å². The molecular weight excluding hydrogens is 164 g/mol. The van der Waals surface area contributed by atoms with Crippen LogP contribution >= 0.6 is 0 Å². The number of aromatic nitrogens is 1. The van der Waals surface area contributed by atoms with E-state index in [2.05, 4.69) is 4.98 Å². The second-order valence-electron chi connectivity index (χ2n) is 3.19. The Morgan fingerprint density at radius 3 is 2.62 bits per heavy atom. The molecule has 0 radical (unpaired) electrons. The molecule has 1 amide bonds. The predicted molar refractivity (Wildman–Crippen MR) is 52.5 cm³/mol. The predicted octanol–water partition coefficient (Wildman–Crippen LogP) is 1.84. The van der Waals surface area contributed by atoms with E-state index in [0.717, 1.165) is 5.69 Å². The molecule has 3 nitrogen and oxygen atoms in total. The molecule has 0 bridgehead atoms. The molecule has 0 unspecified atom stereocenters. The van der Waals surface area contributed by atoms with Crippen LogP contribution in [0.5, 0.6) is 0 Å². The quantitative estimate of drug-likeness (QED) is 0.692. The maximum absolute atomic E-state index is 11.3. The lowest BCUT2D eigenvalue weighted by molar-refractivity contribution is -0.116. The lowest BCUT2D eigenvalue weighted by Gasteiger charge is -2.24. The zero-order chi connectivity index (χ0) is 9.84. The summed E-state index contributed by atoms with van der Waals surface area (Å²) in [6.07, 6.45) is 3.39. The molecule has 1 aromatic heterocycles. The van der Waals surface area contributed by atoms with Crippen LogP contribution in [-0.4, -0.2) is 16.9 Å². The molecule has 0 N–H and O–H groups in total. The molecule has 0 saturated heterocycles. The van der Waals surface area contributed by atoms with Crippen molar-refractivity contribution in [3.8, 4) is 0 Å². The maximum Gasteiger partial charge on any atom is 0.224 e. The first-order chi connectivity index (χ1) is 6.13. The molecular formula is C10H14N2O. The Morgan fingerprint density at radius 2 is 2.23 bits per heavy atom. The third-order valence-corrected chi connectivity index (χ3v) is 1.78. The number of carbonyl (C=O) groups is 1. The molecule has 1 aromatic rings. The van der Waals surface area contributed by atoms with E-state index < -0.39 is 0 Å². The molecule has 13 heavy (non-hydrogen) atoms. The molecule has 3 heteroatoms. The summed E-state index contributed by atoms with van der Waals surface area (Å²) in [6.45, 7) is 5.52. The van der Waals surface area contributed by atoms with E-state index >= 15 is 0 Å². The molecule has 70 valence electrons. The molecule has 0 aromatic carbocycles. The Bertz CT molecular complexity index is 282. The lowest BCUT2D eigenvalue weighted by atomic mass is 10.2. The number of pyridine rings is 1. The van der Waals surface area contributed by atoms with Gasteiger partial charge in [-0.25, -0.2) is 0 Å². The van der Waals surface area contributed by atoms with E-state index in [1.54, 1.807) is 24.2 Å². The average molecular weight is 178 g/mol. The van der Waals surface area contributed by atoms with E-state index in [0.29, 0.717) is 0 Å². The van der Waals surface area contributed by atoms with Crippen LogP contribution in [-0.2, 0) is 4.79 Å². The van der Waals surface area contributed by atoms with Crippen LogP contribution in [0.4, 0.5) is 5.69 Å². The largest absolute Gasteiger partial charge is 0.309 e. The molecule has 0 spiro atoms. The van der Waals surface area contributed by atoms with Crippen LogP contribution < -0.4 is 4.90 Å². The standard InChI is InChI=1S/C10H14N2O/c1-8(2)12(9(3)13)10-5-4-6-11-7-10/h4-8H,1-3H3. The summed E-state index contributed by atoms with van der Waals surface area (Å²) >= 11 is 0. The van der Waals surface area contributed by atoms with Gasteiger partial charge in [0.25, 0.3) is 0 Å². The highest BCUT2D eigenvalue weighted by Crippen LogP contribution is 2.14. The van der Waals surface area contributed by atoms with Crippen molar-refractivity contribution in [2.24, 2.45) is 0 Å². The van der Waals surface area contributed by atoms with Gasteiger partial charge in [-0.1, -0.05) is 0 Å². The Hall–Kier alpha value is -1.38. The van der Waals surface area contributed by atoms with Crippen LogP contribution in [0.2, 0.25) is 0 Å². The molecule has 0 fully saturated rings. The first kappa shape index (κ1) is 9.71. The third kappa shape index (κ3) is 2.28. The van der Waals surface area contributed by atoms with Gasteiger partial charge in [0.1, 0.15) is 0 Å². The van der Waals surface area contributed by atoms with Crippen molar-refractivity contribution in [3.05, 3.63) is 24.5 Å². The van der Waals surface area contributed by atoms with E-state index in [9.17, 15) is 4.79 Å². The van der Waals surface area contributed by atoms with Gasteiger partial charge in [-0.2, -0.15) is 0 Å². The first-order valence-electron chi connectivity index (χ1n) is 4.32. The fourth-order valence-corrected chi connectivity index (χ4v) is 1.34. The van der Waals surface area contributed by atoms with Crippen LogP contribution in [0.3, 0.4) is 0 Å². The van der Waals surface area contributed by atoms with Crippen LogP contribution in [0.15, 0.2) is 24.5 Å². The minimum Gasteiger partial charge on any atom is -0.309 e. The smallest absolute Gasteiger partial charge is 0.224 e. The Morgan fingerprint density at radius 1 is 1.54 bits per heavy atom. The van der Waals surface area contributed by atoms with Crippen LogP contribution in [0.1, 0.15) is 20.8 Å². The highest BCUT2D eigenvalue weighted by molar-refractivity contribution is 5.91. The normalized spacial score (nSPS) is 10.2. The van der Waals surface area contributed by atoms with Crippen molar-refractivity contribution in [1.82, 2.24) is 4.98 Å². The summed E-state index contributed by atoms with van der Waals surface area (Å²) in [5.41, 5.74) is 0.852.